The second-order valence-corrected chi connectivity index (χ2v) is 5.56. The second-order valence-electron chi connectivity index (χ2n) is 5.56. The zero-order chi connectivity index (χ0) is 13.5. The normalized spacial score (nSPS) is 26.0. The molecule has 1 saturated carbocycles. The van der Waals surface area contributed by atoms with Gasteiger partial charge in [-0.25, -0.2) is 4.68 Å². The lowest BCUT2D eigenvalue weighted by molar-refractivity contribution is 0.0725. The number of nitrogens with two attached hydrogens (primary N) is 1. The van der Waals surface area contributed by atoms with Gasteiger partial charge in [-0.05, 0) is 47.7 Å². The van der Waals surface area contributed by atoms with Crippen LogP contribution in [-0.4, -0.2) is 32.9 Å². The first-order valence-corrected chi connectivity index (χ1v) is 7.09. The Morgan fingerprint density at radius 1 is 1.20 bits per heavy atom. The molecule has 6 heteroatoms. The summed E-state index contributed by atoms with van der Waals surface area (Å²) in [6, 6.07) is 7.93. The van der Waals surface area contributed by atoms with Gasteiger partial charge in [0.25, 0.3) is 0 Å². The standard InChI is InChI=1S/C14H17N5O/c15-11-4-2-1-3-10(11)14-16-17-18-19(14)12-7-8-20-13(12)9-5-6-9/h1-4,9,12-13H,5-8,15H2. The molecule has 1 aliphatic carbocycles. The lowest BCUT2D eigenvalue weighted by Gasteiger charge is -2.19. The van der Waals surface area contributed by atoms with Crippen molar-refractivity contribution in [2.24, 2.45) is 5.92 Å². The smallest absolute Gasteiger partial charge is 0.184 e. The Morgan fingerprint density at radius 3 is 2.85 bits per heavy atom. The molecule has 2 atom stereocenters. The van der Waals surface area contributed by atoms with Crippen molar-refractivity contribution in [3.8, 4) is 11.4 Å². The number of hydrogen-bond donors (Lipinski definition) is 1. The highest BCUT2D eigenvalue weighted by atomic mass is 16.5. The predicted molar refractivity (Wildman–Crippen MR) is 73.8 cm³/mol. The molecular weight excluding hydrogens is 254 g/mol. The summed E-state index contributed by atoms with van der Waals surface area (Å²) in [5.41, 5.74) is 7.63. The lowest BCUT2D eigenvalue weighted by atomic mass is 10.1. The quantitative estimate of drug-likeness (QED) is 0.859. The number of tetrazole rings is 1. The van der Waals surface area contributed by atoms with Crippen LogP contribution >= 0.6 is 0 Å². The molecule has 2 unspecified atom stereocenters. The van der Waals surface area contributed by atoms with E-state index in [-0.39, 0.29) is 12.1 Å². The van der Waals surface area contributed by atoms with E-state index in [0.29, 0.717) is 11.6 Å². The third-order valence-corrected chi connectivity index (χ3v) is 4.20. The molecule has 2 N–H and O–H groups in total. The van der Waals surface area contributed by atoms with Crippen LogP contribution in [0.5, 0.6) is 0 Å². The Kier molecular flexibility index (Phi) is 2.70. The van der Waals surface area contributed by atoms with Gasteiger partial charge in [-0.15, -0.1) is 5.10 Å². The molecule has 1 saturated heterocycles. The number of nitrogens with zero attached hydrogens (tertiary/aromatic N) is 4. The van der Waals surface area contributed by atoms with E-state index in [1.165, 1.54) is 12.8 Å². The van der Waals surface area contributed by atoms with Crippen molar-refractivity contribution >= 4 is 5.69 Å². The molecule has 1 aromatic heterocycles. The van der Waals surface area contributed by atoms with E-state index >= 15 is 0 Å². The Balaban J connectivity index is 1.73. The zero-order valence-corrected chi connectivity index (χ0v) is 11.1. The highest BCUT2D eigenvalue weighted by molar-refractivity contribution is 5.71. The monoisotopic (exact) mass is 271 g/mol. The summed E-state index contributed by atoms with van der Waals surface area (Å²) < 4.78 is 7.79. The van der Waals surface area contributed by atoms with E-state index in [4.69, 9.17) is 10.5 Å². The van der Waals surface area contributed by atoms with Gasteiger partial charge < -0.3 is 10.5 Å². The van der Waals surface area contributed by atoms with Crippen molar-refractivity contribution in [1.29, 1.82) is 0 Å². The van der Waals surface area contributed by atoms with Crippen LogP contribution in [0.25, 0.3) is 11.4 Å². The first-order valence-electron chi connectivity index (χ1n) is 7.09. The van der Waals surface area contributed by atoms with Crippen molar-refractivity contribution in [2.45, 2.75) is 31.4 Å². The summed E-state index contributed by atoms with van der Waals surface area (Å²) in [5.74, 6) is 1.41. The SMILES string of the molecule is Nc1ccccc1-c1nnnn1C1CCOC1C1CC1. The molecule has 104 valence electrons. The van der Waals surface area contributed by atoms with Crippen molar-refractivity contribution in [1.82, 2.24) is 20.2 Å². The van der Waals surface area contributed by atoms with E-state index in [1.54, 1.807) is 0 Å². The third kappa shape index (κ3) is 1.87. The maximum Gasteiger partial charge on any atom is 0.184 e. The van der Waals surface area contributed by atoms with Gasteiger partial charge in [-0.2, -0.15) is 0 Å². The van der Waals surface area contributed by atoms with Crippen LogP contribution in [0.2, 0.25) is 0 Å². The summed E-state index contributed by atoms with van der Waals surface area (Å²) >= 11 is 0. The average molecular weight is 271 g/mol. The van der Waals surface area contributed by atoms with E-state index in [0.717, 1.165) is 24.4 Å². The maximum atomic E-state index is 6.05. The number of anilines is 1. The molecule has 2 aromatic rings. The zero-order valence-electron chi connectivity index (χ0n) is 11.1. The minimum absolute atomic E-state index is 0.229. The van der Waals surface area contributed by atoms with Crippen LogP contribution in [0.1, 0.15) is 25.3 Å². The van der Waals surface area contributed by atoms with Crippen molar-refractivity contribution < 1.29 is 4.74 Å². The van der Waals surface area contributed by atoms with Crippen LogP contribution < -0.4 is 5.73 Å². The molecule has 0 radical (unpaired) electrons. The molecule has 0 bridgehead atoms. The number of aromatic nitrogens is 4. The minimum atomic E-state index is 0.229. The Morgan fingerprint density at radius 2 is 2.05 bits per heavy atom. The van der Waals surface area contributed by atoms with Crippen LogP contribution in [0.15, 0.2) is 24.3 Å². The van der Waals surface area contributed by atoms with Gasteiger partial charge in [0.15, 0.2) is 5.82 Å². The fraction of sp³-hybridized carbons (Fsp3) is 0.500. The molecule has 0 amide bonds. The van der Waals surface area contributed by atoms with Gasteiger partial charge in [0.2, 0.25) is 0 Å². The van der Waals surface area contributed by atoms with E-state index in [9.17, 15) is 0 Å². The average Bonchev–Trinajstić information content (AvgIpc) is 3.01. The van der Waals surface area contributed by atoms with Crippen LogP contribution in [0.3, 0.4) is 0 Å². The van der Waals surface area contributed by atoms with Crippen LogP contribution in [-0.2, 0) is 4.74 Å². The summed E-state index contributed by atoms with van der Waals surface area (Å²) in [6.45, 7) is 0.787. The Bertz CT molecular complexity index is 622. The summed E-state index contributed by atoms with van der Waals surface area (Å²) in [4.78, 5) is 0. The Hall–Kier alpha value is -1.95. The second kappa shape index (κ2) is 4.56. The molecule has 0 spiro atoms. The molecule has 2 aliphatic rings. The van der Waals surface area contributed by atoms with Gasteiger partial charge in [0.1, 0.15) is 0 Å². The Labute approximate surface area is 116 Å². The van der Waals surface area contributed by atoms with Gasteiger partial charge in [-0.1, -0.05) is 12.1 Å². The molecule has 20 heavy (non-hydrogen) atoms. The predicted octanol–water partition coefficient (Wildman–Crippen LogP) is 1.66. The summed E-state index contributed by atoms with van der Waals surface area (Å²) in [5, 5.41) is 12.2. The summed E-state index contributed by atoms with van der Waals surface area (Å²) in [7, 11) is 0. The highest BCUT2D eigenvalue weighted by Gasteiger charge is 2.42. The fourth-order valence-electron chi connectivity index (χ4n) is 3.03. The number of benzene rings is 1. The molecule has 6 nitrogen and oxygen atoms in total. The number of rotatable bonds is 3. The number of ether oxygens (including phenoxy) is 1. The molecule has 1 aliphatic heterocycles. The van der Waals surface area contributed by atoms with Crippen molar-refractivity contribution in [3.63, 3.8) is 0 Å². The van der Waals surface area contributed by atoms with Crippen molar-refractivity contribution in [2.75, 3.05) is 12.3 Å². The van der Waals surface area contributed by atoms with Gasteiger partial charge >= 0.3 is 0 Å². The van der Waals surface area contributed by atoms with Crippen LogP contribution in [0.4, 0.5) is 5.69 Å². The van der Waals surface area contributed by atoms with Crippen molar-refractivity contribution in [3.05, 3.63) is 24.3 Å². The minimum Gasteiger partial charge on any atom is -0.398 e. The first-order chi connectivity index (χ1) is 9.84. The largest absolute Gasteiger partial charge is 0.398 e. The third-order valence-electron chi connectivity index (χ3n) is 4.20. The number of para-hydroxylation sites is 1. The van der Waals surface area contributed by atoms with Gasteiger partial charge in [0, 0.05) is 17.9 Å². The molecule has 4 rings (SSSR count). The van der Waals surface area contributed by atoms with E-state index in [2.05, 4.69) is 15.5 Å². The molecular formula is C14H17N5O. The summed E-state index contributed by atoms with van der Waals surface area (Å²) in [6.07, 6.45) is 3.73. The first kappa shape index (κ1) is 11.8. The fourth-order valence-corrected chi connectivity index (χ4v) is 3.03. The molecule has 2 fully saturated rings. The molecule has 1 aromatic carbocycles. The van der Waals surface area contributed by atoms with Gasteiger partial charge in [0.05, 0.1) is 12.1 Å². The van der Waals surface area contributed by atoms with E-state index < -0.39 is 0 Å². The number of nitrogen functional groups attached to an aromatic ring is 1. The topological polar surface area (TPSA) is 78.9 Å². The van der Waals surface area contributed by atoms with Gasteiger partial charge in [-0.3, -0.25) is 0 Å². The molecule has 2 heterocycles. The lowest BCUT2D eigenvalue weighted by Crippen LogP contribution is -2.24. The highest BCUT2D eigenvalue weighted by Crippen LogP contribution is 2.44. The maximum absolute atomic E-state index is 6.05. The van der Waals surface area contributed by atoms with E-state index in [1.807, 2.05) is 28.9 Å². The number of hydrogen-bond acceptors (Lipinski definition) is 5. The van der Waals surface area contributed by atoms with Crippen LogP contribution in [0, 0.1) is 5.92 Å².